The molecule has 0 aliphatic carbocycles. The predicted octanol–water partition coefficient (Wildman–Crippen LogP) is 2.30. The largest absolute Gasteiger partial charge is 0.573 e. The molecule has 8 heteroatoms. The summed E-state index contributed by atoms with van der Waals surface area (Å²) in [7, 11) is 0. The molecule has 1 rings (SSSR count). The topological polar surface area (TPSA) is 48.4 Å². The number of nitrogens with zero attached hydrogens (tertiary/aromatic N) is 1. The van der Waals surface area contributed by atoms with Crippen molar-refractivity contribution in [2.45, 2.75) is 13.3 Å². The smallest absolute Gasteiger partial charge is 0.461 e. The lowest BCUT2D eigenvalue weighted by Gasteiger charge is -2.11. The fourth-order valence-electron chi connectivity index (χ4n) is 0.975. The lowest BCUT2D eigenvalue weighted by atomic mass is 10.3. The molecule has 1 heterocycles. The van der Waals surface area contributed by atoms with Gasteiger partial charge in [-0.05, 0) is 19.1 Å². The first-order chi connectivity index (χ1) is 7.83. The minimum absolute atomic E-state index is 0.0809. The van der Waals surface area contributed by atoms with E-state index in [9.17, 15) is 22.4 Å². The zero-order valence-electron chi connectivity index (χ0n) is 8.55. The molecule has 4 nitrogen and oxygen atoms in total. The van der Waals surface area contributed by atoms with Gasteiger partial charge in [0.2, 0.25) is 5.95 Å². The number of aromatic nitrogens is 1. The summed E-state index contributed by atoms with van der Waals surface area (Å²) in [5.74, 6) is -3.20. The maximum Gasteiger partial charge on any atom is 0.573 e. The van der Waals surface area contributed by atoms with Gasteiger partial charge in [-0.1, -0.05) is 0 Å². The Hall–Kier alpha value is -1.86. The minimum Gasteiger partial charge on any atom is -0.461 e. The first kappa shape index (κ1) is 13.2. The molecule has 0 unspecified atom stereocenters. The second kappa shape index (κ2) is 4.98. The Morgan fingerprint density at radius 2 is 2.06 bits per heavy atom. The van der Waals surface area contributed by atoms with Gasteiger partial charge in [0, 0.05) is 0 Å². The fourth-order valence-corrected chi connectivity index (χ4v) is 0.975. The highest BCUT2D eigenvalue weighted by Crippen LogP contribution is 2.25. The number of halogens is 4. The lowest BCUT2D eigenvalue weighted by molar-refractivity contribution is -0.274. The quantitative estimate of drug-likeness (QED) is 0.471. The molecule has 17 heavy (non-hydrogen) atoms. The van der Waals surface area contributed by atoms with E-state index in [1.807, 2.05) is 0 Å². The molecular formula is C9H7F4NO3. The van der Waals surface area contributed by atoms with Crippen molar-refractivity contribution in [1.82, 2.24) is 4.98 Å². The van der Waals surface area contributed by atoms with Crippen LogP contribution in [0.25, 0.3) is 0 Å². The number of carbonyl (C=O) groups excluding carboxylic acids is 1. The Morgan fingerprint density at radius 3 is 2.59 bits per heavy atom. The molecule has 0 bridgehead atoms. The van der Waals surface area contributed by atoms with Crippen LogP contribution in [0.5, 0.6) is 5.75 Å². The number of rotatable bonds is 3. The van der Waals surface area contributed by atoms with Crippen molar-refractivity contribution < 1.29 is 31.8 Å². The van der Waals surface area contributed by atoms with Crippen LogP contribution in [-0.4, -0.2) is 23.9 Å². The van der Waals surface area contributed by atoms with E-state index >= 15 is 0 Å². The minimum atomic E-state index is -5.00. The molecule has 1 aromatic rings. The SMILES string of the molecule is CCOC(=O)c1nc(F)ccc1OC(F)(F)F. The van der Waals surface area contributed by atoms with Crippen LogP contribution in [0.15, 0.2) is 12.1 Å². The van der Waals surface area contributed by atoms with Gasteiger partial charge in [0.1, 0.15) is 0 Å². The summed E-state index contributed by atoms with van der Waals surface area (Å²) in [6.45, 7) is 1.37. The highest BCUT2D eigenvalue weighted by Gasteiger charge is 2.33. The average Bonchev–Trinajstić information content (AvgIpc) is 2.19. The number of hydrogen-bond donors (Lipinski definition) is 0. The van der Waals surface area contributed by atoms with E-state index in [-0.39, 0.29) is 6.61 Å². The van der Waals surface area contributed by atoms with E-state index in [0.29, 0.717) is 12.1 Å². The van der Waals surface area contributed by atoms with Crippen molar-refractivity contribution in [2.24, 2.45) is 0 Å². The Kier molecular flexibility index (Phi) is 3.87. The molecule has 0 amide bonds. The van der Waals surface area contributed by atoms with Crippen molar-refractivity contribution >= 4 is 5.97 Å². The molecule has 0 aliphatic rings. The van der Waals surface area contributed by atoms with E-state index in [0.717, 1.165) is 0 Å². The number of pyridine rings is 1. The molecule has 1 aromatic heterocycles. The normalized spacial score (nSPS) is 11.1. The van der Waals surface area contributed by atoms with Crippen molar-refractivity contribution in [3.8, 4) is 5.75 Å². The van der Waals surface area contributed by atoms with E-state index in [2.05, 4.69) is 14.5 Å². The van der Waals surface area contributed by atoms with Gasteiger partial charge in [-0.15, -0.1) is 13.2 Å². The van der Waals surface area contributed by atoms with Crippen molar-refractivity contribution in [3.63, 3.8) is 0 Å². The summed E-state index contributed by atoms with van der Waals surface area (Å²) in [4.78, 5) is 14.2. The molecule has 94 valence electrons. The molecule has 0 radical (unpaired) electrons. The van der Waals surface area contributed by atoms with E-state index in [1.165, 1.54) is 6.92 Å². The number of alkyl halides is 3. The number of esters is 1. The summed E-state index contributed by atoms with van der Waals surface area (Å²) in [5.41, 5.74) is -0.857. The summed E-state index contributed by atoms with van der Waals surface area (Å²) in [5, 5.41) is 0. The van der Waals surface area contributed by atoms with E-state index in [4.69, 9.17) is 0 Å². The Morgan fingerprint density at radius 1 is 1.41 bits per heavy atom. The van der Waals surface area contributed by atoms with Crippen molar-refractivity contribution in [3.05, 3.63) is 23.8 Å². The first-order valence-corrected chi connectivity index (χ1v) is 4.43. The van der Waals surface area contributed by atoms with Gasteiger partial charge >= 0.3 is 12.3 Å². The third-order valence-electron chi connectivity index (χ3n) is 1.52. The van der Waals surface area contributed by atoms with Gasteiger partial charge in [0.15, 0.2) is 11.4 Å². The van der Waals surface area contributed by atoms with Gasteiger partial charge in [-0.25, -0.2) is 9.78 Å². The van der Waals surface area contributed by atoms with E-state index in [1.54, 1.807) is 0 Å². The standard InChI is InChI=1S/C9H7F4NO3/c1-2-16-8(15)7-5(17-9(11,12)13)3-4-6(10)14-7/h3-4H,2H2,1H3. The number of ether oxygens (including phenoxy) is 2. The summed E-state index contributed by atoms with van der Waals surface area (Å²) in [6, 6.07) is 1.30. The molecule has 0 N–H and O–H groups in total. The Balaban J connectivity index is 3.08. The molecule has 0 fully saturated rings. The zero-order chi connectivity index (χ0) is 13.1. The van der Waals surface area contributed by atoms with Crippen LogP contribution in [0.3, 0.4) is 0 Å². The fraction of sp³-hybridized carbons (Fsp3) is 0.333. The van der Waals surface area contributed by atoms with Gasteiger partial charge in [0.05, 0.1) is 6.61 Å². The summed E-state index contributed by atoms with van der Waals surface area (Å²) in [6.07, 6.45) is -5.00. The van der Waals surface area contributed by atoms with Crippen molar-refractivity contribution in [2.75, 3.05) is 6.61 Å². The van der Waals surface area contributed by atoms with Crippen LogP contribution in [0.4, 0.5) is 17.6 Å². The highest BCUT2D eigenvalue weighted by molar-refractivity contribution is 5.90. The molecule has 0 saturated carbocycles. The Labute approximate surface area is 93.2 Å². The summed E-state index contributed by atoms with van der Waals surface area (Å²) >= 11 is 0. The maximum atomic E-state index is 12.7. The molecule has 0 aromatic carbocycles. The third kappa shape index (κ3) is 3.89. The first-order valence-electron chi connectivity index (χ1n) is 4.43. The molecule has 0 spiro atoms. The molecular weight excluding hydrogens is 246 g/mol. The second-order valence-corrected chi connectivity index (χ2v) is 2.75. The van der Waals surface area contributed by atoms with Crippen LogP contribution in [0, 0.1) is 5.95 Å². The zero-order valence-corrected chi connectivity index (χ0v) is 8.55. The monoisotopic (exact) mass is 253 g/mol. The van der Waals surface area contributed by atoms with Crippen LogP contribution in [0.1, 0.15) is 17.4 Å². The summed E-state index contributed by atoms with van der Waals surface area (Å²) < 4.78 is 56.6. The van der Waals surface area contributed by atoms with Crippen LogP contribution in [-0.2, 0) is 4.74 Å². The van der Waals surface area contributed by atoms with Crippen LogP contribution in [0.2, 0.25) is 0 Å². The number of carbonyl (C=O) groups is 1. The second-order valence-electron chi connectivity index (χ2n) is 2.75. The molecule has 0 aliphatic heterocycles. The maximum absolute atomic E-state index is 12.7. The Bertz CT molecular complexity index is 419. The van der Waals surface area contributed by atoms with Crippen LogP contribution >= 0.6 is 0 Å². The van der Waals surface area contributed by atoms with Gasteiger partial charge in [-0.3, -0.25) is 0 Å². The average molecular weight is 253 g/mol. The lowest BCUT2D eigenvalue weighted by Crippen LogP contribution is -2.20. The van der Waals surface area contributed by atoms with Crippen LogP contribution < -0.4 is 4.74 Å². The third-order valence-corrected chi connectivity index (χ3v) is 1.52. The van der Waals surface area contributed by atoms with Crippen molar-refractivity contribution in [1.29, 1.82) is 0 Å². The number of hydrogen-bond acceptors (Lipinski definition) is 4. The highest BCUT2D eigenvalue weighted by atomic mass is 19.4. The molecule has 0 saturated heterocycles. The predicted molar refractivity (Wildman–Crippen MR) is 46.8 cm³/mol. The van der Waals surface area contributed by atoms with Gasteiger partial charge in [-0.2, -0.15) is 4.39 Å². The van der Waals surface area contributed by atoms with E-state index < -0.39 is 29.7 Å². The molecule has 0 atom stereocenters. The van der Waals surface area contributed by atoms with Gasteiger partial charge < -0.3 is 9.47 Å². The van der Waals surface area contributed by atoms with Gasteiger partial charge in [0.25, 0.3) is 0 Å².